The Morgan fingerprint density at radius 2 is 2.11 bits per heavy atom. The van der Waals surface area contributed by atoms with Gasteiger partial charge in [0.15, 0.2) is 0 Å². The lowest BCUT2D eigenvalue weighted by atomic mass is 10.0. The minimum absolute atomic E-state index is 0.107. The summed E-state index contributed by atoms with van der Waals surface area (Å²) in [6.45, 7) is 3.27. The van der Waals surface area contributed by atoms with Gasteiger partial charge in [0.05, 0.1) is 21.6 Å². The third-order valence-electron chi connectivity index (χ3n) is 2.69. The van der Waals surface area contributed by atoms with Crippen molar-refractivity contribution >= 4 is 28.9 Å². The molecule has 6 nitrogen and oxygen atoms in total. The van der Waals surface area contributed by atoms with Gasteiger partial charge in [-0.3, -0.25) is 14.9 Å². The summed E-state index contributed by atoms with van der Waals surface area (Å²) in [6.07, 6.45) is 0. The van der Waals surface area contributed by atoms with Crippen LogP contribution in [0, 0.1) is 16.0 Å². The van der Waals surface area contributed by atoms with E-state index in [1.807, 2.05) is 0 Å². The molecule has 0 spiro atoms. The second kappa shape index (κ2) is 5.68. The summed E-state index contributed by atoms with van der Waals surface area (Å²) in [6, 6.07) is 3.65. The largest absolute Gasteiger partial charge is 0.481 e. The lowest BCUT2D eigenvalue weighted by molar-refractivity contribution is -0.384. The molecule has 1 rings (SSSR count). The van der Waals surface area contributed by atoms with Gasteiger partial charge in [-0.1, -0.05) is 11.6 Å². The van der Waals surface area contributed by atoms with Gasteiger partial charge in [0.25, 0.3) is 5.69 Å². The second-order valence-corrected chi connectivity index (χ2v) is 4.39. The van der Waals surface area contributed by atoms with Crippen LogP contribution in [0.4, 0.5) is 11.4 Å². The van der Waals surface area contributed by atoms with Gasteiger partial charge in [-0.05, 0) is 19.9 Å². The number of carboxylic acids is 1. The molecule has 0 saturated carbocycles. The quantitative estimate of drug-likeness (QED) is 0.635. The maximum atomic E-state index is 10.8. The minimum atomic E-state index is -0.923. The lowest BCUT2D eigenvalue weighted by Crippen LogP contribution is -2.29. The zero-order valence-electron chi connectivity index (χ0n) is 9.88. The van der Waals surface area contributed by atoms with Crippen molar-refractivity contribution in [3.05, 3.63) is 33.3 Å². The minimum Gasteiger partial charge on any atom is -0.481 e. The summed E-state index contributed by atoms with van der Waals surface area (Å²) in [5, 5.41) is 22.5. The monoisotopic (exact) mass is 272 g/mol. The Labute approximate surface area is 109 Å². The third-order valence-corrected chi connectivity index (χ3v) is 3.00. The molecule has 1 aromatic rings. The highest BCUT2D eigenvalue weighted by Gasteiger charge is 2.20. The zero-order valence-corrected chi connectivity index (χ0v) is 10.6. The first kappa shape index (κ1) is 14.2. The molecule has 0 fully saturated rings. The van der Waals surface area contributed by atoms with Gasteiger partial charge >= 0.3 is 5.97 Å². The van der Waals surface area contributed by atoms with Crippen LogP contribution < -0.4 is 5.32 Å². The number of nitrogens with one attached hydrogen (secondary N) is 1. The average molecular weight is 273 g/mol. The van der Waals surface area contributed by atoms with Crippen molar-refractivity contribution in [3.63, 3.8) is 0 Å². The second-order valence-electron chi connectivity index (χ2n) is 3.98. The van der Waals surface area contributed by atoms with Crippen LogP contribution in [-0.4, -0.2) is 22.0 Å². The van der Waals surface area contributed by atoms with Crippen LogP contribution in [0.5, 0.6) is 0 Å². The van der Waals surface area contributed by atoms with E-state index in [0.29, 0.717) is 5.69 Å². The molecule has 0 aromatic heterocycles. The fraction of sp³-hybridized carbons (Fsp3) is 0.364. The summed E-state index contributed by atoms with van der Waals surface area (Å²) < 4.78 is 0. The van der Waals surface area contributed by atoms with Crippen molar-refractivity contribution in [2.24, 2.45) is 5.92 Å². The maximum absolute atomic E-state index is 10.8. The number of carbonyl (C=O) groups is 1. The number of hydrogen-bond donors (Lipinski definition) is 2. The number of halogens is 1. The highest BCUT2D eigenvalue weighted by molar-refractivity contribution is 6.33. The smallest absolute Gasteiger partial charge is 0.308 e. The van der Waals surface area contributed by atoms with E-state index in [2.05, 4.69) is 5.32 Å². The predicted octanol–water partition coefficient (Wildman–Crippen LogP) is 2.77. The number of nitro benzene ring substituents is 1. The van der Waals surface area contributed by atoms with E-state index in [1.165, 1.54) is 18.2 Å². The summed E-state index contributed by atoms with van der Waals surface area (Å²) in [5.74, 6) is -1.52. The van der Waals surface area contributed by atoms with Gasteiger partial charge in [0.2, 0.25) is 0 Å². The van der Waals surface area contributed by atoms with Gasteiger partial charge < -0.3 is 10.4 Å². The molecule has 0 amide bonds. The van der Waals surface area contributed by atoms with Crippen molar-refractivity contribution < 1.29 is 14.8 Å². The van der Waals surface area contributed by atoms with Crippen LogP contribution in [-0.2, 0) is 4.79 Å². The van der Waals surface area contributed by atoms with Crippen LogP contribution in [0.2, 0.25) is 5.02 Å². The molecule has 18 heavy (non-hydrogen) atoms. The molecular weight excluding hydrogens is 260 g/mol. The Bertz CT molecular complexity index is 478. The van der Waals surface area contributed by atoms with Crippen LogP contribution >= 0.6 is 11.6 Å². The highest BCUT2D eigenvalue weighted by Crippen LogP contribution is 2.27. The molecule has 0 saturated heterocycles. The molecule has 0 aliphatic rings. The van der Waals surface area contributed by atoms with E-state index in [0.717, 1.165) is 0 Å². The molecule has 0 radical (unpaired) electrons. The van der Waals surface area contributed by atoms with Gasteiger partial charge in [-0.15, -0.1) is 0 Å². The first-order chi connectivity index (χ1) is 8.32. The fourth-order valence-corrected chi connectivity index (χ4v) is 1.55. The van der Waals surface area contributed by atoms with E-state index in [9.17, 15) is 14.9 Å². The Kier molecular flexibility index (Phi) is 4.49. The molecule has 0 aliphatic carbocycles. The molecule has 98 valence electrons. The Balaban J connectivity index is 2.86. The summed E-state index contributed by atoms with van der Waals surface area (Å²) in [7, 11) is 0. The Hall–Kier alpha value is -1.82. The van der Waals surface area contributed by atoms with E-state index < -0.39 is 16.8 Å². The topological polar surface area (TPSA) is 92.5 Å². The summed E-state index contributed by atoms with van der Waals surface area (Å²) in [4.78, 5) is 20.8. The van der Waals surface area contributed by atoms with E-state index in [4.69, 9.17) is 16.7 Å². The standard InChI is InChI=1S/C11H13ClN2O4/c1-6(11(15)16)7(2)13-10-4-3-8(14(17)18)5-9(10)12/h3-7,13H,1-2H3,(H,15,16). The lowest BCUT2D eigenvalue weighted by Gasteiger charge is -2.19. The summed E-state index contributed by atoms with van der Waals surface area (Å²) in [5.41, 5.74) is 0.368. The number of anilines is 1. The predicted molar refractivity (Wildman–Crippen MR) is 68.0 cm³/mol. The van der Waals surface area contributed by atoms with Gasteiger partial charge in [-0.2, -0.15) is 0 Å². The number of benzene rings is 1. The van der Waals surface area contributed by atoms with Crippen molar-refractivity contribution in [1.29, 1.82) is 0 Å². The van der Waals surface area contributed by atoms with Crippen molar-refractivity contribution in [2.75, 3.05) is 5.32 Å². The average Bonchev–Trinajstić information content (AvgIpc) is 2.30. The molecule has 2 N–H and O–H groups in total. The Morgan fingerprint density at radius 3 is 2.56 bits per heavy atom. The van der Waals surface area contributed by atoms with Gasteiger partial charge in [0.1, 0.15) is 0 Å². The summed E-state index contributed by atoms with van der Waals surface area (Å²) >= 11 is 5.89. The number of nitro groups is 1. The van der Waals surface area contributed by atoms with E-state index in [1.54, 1.807) is 13.8 Å². The molecular formula is C11H13ClN2O4. The van der Waals surface area contributed by atoms with Crippen LogP contribution in [0.15, 0.2) is 18.2 Å². The van der Waals surface area contributed by atoms with Crippen molar-refractivity contribution in [3.8, 4) is 0 Å². The molecule has 1 aromatic carbocycles. The molecule has 0 aliphatic heterocycles. The highest BCUT2D eigenvalue weighted by atomic mass is 35.5. The number of carboxylic acid groups (broad SMARTS) is 1. The van der Waals surface area contributed by atoms with Gasteiger partial charge in [0, 0.05) is 18.2 Å². The maximum Gasteiger partial charge on any atom is 0.308 e. The number of rotatable bonds is 5. The molecule has 2 atom stereocenters. The van der Waals surface area contributed by atoms with Crippen molar-refractivity contribution in [1.82, 2.24) is 0 Å². The number of non-ortho nitro benzene ring substituents is 1. The fourth-order valence-electron chi connectivity index (χ4n) is 1.32. The third kappa shape index (κ3) is 3.33. The molecule has 0 bridgehead atoms. The first-order valence-electron chi connectivity index (χ1n) is 5.26. The van der Waals surface area contributed by atoms with Crippen LogP contribution in [0.3, 0.4) is 0 Å². The van der Waals surface area contributed by atoms with E-state index >= 15 is 0 Å². The number of hydrogen-bond acceptors (Lipinski definition) is 4. The Morgan fingerprint density at radius 1 is 1.50 bits per heavy atom. The molecule has 7 heteroatoms. The normalized spacial score (nSPS) is 13.7. The molecule has 2 unspecified atom stereocenters. The number of nitrogens with zero attached hydrogens (tertiary/aromatic N) is 1. The zero-order chi connectivity index (χ0) is 13.9. The molecule has 0 heterocycles. The number of aliphatic carboxylic acids is 1. The van der Waals surface area contributed by atoms with Crippen molar-refractivity contribution in [2.45, 2.75) is 19.9 Å². The van der Waals surface area contributed by atoms with Gasteiger partial charge in [-0.25, -0.2) is 0 Å². The van der Waals surface area contributed by atoms with Crippen LogP contribution in [0.25, 0.3) is 0 Å². The first-order valence-corrected chi connectivity index (χ1v) is 5.64. The van der Waals surface area contributed by atoms with Crippen LogP contribution in [0.1, 0.15) is 13.8 Å². The van der Waals surface area contributed by atoms with E-state index in [-0.39, 0.29) is 16.8 Å². The SMILES string of the molecule is CC(Nc1ccc([N+](=O)[O-])cc1Cl)C(C)C(=O)O.